The second-order valence-electron chi connectivity index (χ2n) is 4.89. The molecular formula is C14H24N2O3. The number of aromatic nitrogens is 1. The zero-order chi connectivity index (χ0) is 14.3. The van der Waals surface area contributed by atoms with Gasteiger partial charge in [0, 0.05) is 25.1 Å². The quantitative estimate of drug-likeness (QED) is 0.753. The third-order valence-corrected chi connectivity index (χ3v) is 3.49. The van der Waals surface area contributed by atoms with E-state index in [1.165, 1.54) is 0 Å². The average Bonchev–Trinajstić information content (AvgIpc) is 2.71. The summed E-state index contributed by atoms with van der Waals surface area (Å²) in [5.41, 5.74) is 1.88. The number of amides is 1. The first kappa shape index (κ1) is 15.7. The Balaban J connectivity index is 2.32. The third kappa shape index (κ3) is 5.03. The van der Waals surface area contributed by atoms with E-state index < -0.39 is 0 Å². The van der Waals surface area contributed by atoms with Gasteiger partial charge in [-0.25, -0.2) is 0 Å². The molecule has 0 saturated carbocycles. The van der Waals surface area contributed by atoms with E-state index in [0.717, 1.165) is 29.9 Å². The van der Waals surface area contributed by atoms with E-state index in [1.807, 2.05) is 13.8 Å². The fourth-order valence-electron chi connectivity index (χ4n) is 2.08. The highest BCUT2D eigenvalue weighted by molar-refractivity contribution is 5.76. The molecule has 5 nitrogen and oxygen atoms in total. The molecule has 0 saturated heterocycles. The van der Waals surface area contributed by atoms with E-state index in [9.17, 15) is 4.79 Å². The van der Waals surface area contributed by atoms with Gasteiger partial charge in [-0.3, -0.25) is 4.79 Å². The van der Waals surface area contributed by atoms with Gasteiger partial charge in [-0.2, -0.15) is 0 Å². The van der Waals surface area contributed by atoms with Crippen molar-refractivity contribution in [1.29, 1.82) is 0 Å². The lowest BCUT2D eigenvalue weighted by molar-refractivity contribution is -0.121. The van der Waals surface area contributed by atoms with Crippen LogP contribution in [0.15, 0.2) is 4.52 Å². The highest BCUT2D eigenvalue weighted by atomic mass is 16.5. The van der Waals surface area contributed by atoms with E-state index in [1.54, 1.807) is 0 Å². The summed E-state index contributed by atoms with van der Waals surface area (Å²) in [5, 5.41) is 15.7. The maximum atomic E-state index is 11.8. The number of carbonyl (C=O) groups excluding carboxylic acids is 1. The van der Waals surface area contributed by atoms with Crippen molar-refractivity contribution < 1.29 is 14.4 Å². The third-order valence-electron chi connectivity index (χ3n) is 3.49. The van der Waals surface area contributed by atoms with E-state index in [2.05, 4.69) is 17.4 Å². The minimum atomic E-state index is 0.0383. The highest BCUT2D eigenvalue weighted by Gasteiger charge is 2.12. The van der Waals surface area contributed by atoms with Gasteiger partial charge in [-0.15, -0.1) is 0 Å². The van der Waals surface area contributed by atoms with Crippen molar-refractivity contribution in [3.63, 3.8) is 0 Å². The maximum absolute atomic E-state index is 11.8. The molecule has 1 heterocycles. The summed E-state index contributed by atoms with van der Waals surface area (Å²) in [6.45, 7) is 6.63. The molecule has 0 fully saturated rings. The fourth-order valence-corrected chi connectivity index (χ4v) is 2.08. The molecule has 1 unspecified atom stereocenters. The Labute approximate surface area is 114 Å². The van der Waals surface area contributed by atoms with Crippen molar-refractivity contribution in [1.82, 2.24) is 10.5 Å². The number of hydrogen-bond donors (Lipinski definition) is 2. The Morgan fingerprint density at radius 1 is 1.47 bits per heavy atom. The van der Waals surface area contributed by atoms with Gasteiger partial charge in [0.25, 0.3) is 0 Å². The molecule has 1 aromatic heterocycles. The van der Waals surface area contributed by atoms with Crippen LogP contribution < -0.4 is 5.32 Å². The number of aliphatic hydroxyl groups excluding tert-OH is 1. The summed E-state index contributed by atoms with van der Waals surface area (Å²) in [6.07, 6.45) is 2.80. The average molecular weight is 268 g/mol. The van der Waals surface area contributed by atoms with Gasteiger partial charge in [0.2, 0.25) is 5.91 Å². The van der Waals surface area contributed by atoms with Gasteiger partial charge in [0.1, 0.15) is 5.76 Å². The van der Waals surface area contributed by atoms with Crippen LogP contribution >= 0.6 is 0 Å². The Bertz CT molecular complexity index is 382. The molecule has 0 aliphatic rings. The molecule has 1 atom stereocenters. The lowest BCUT2D eigenvalue weighted by Gasteiger charge is -2.14. The Morgan fingerprint density at radius 3 is 2.74 bits per heavy atom. The minimum Gasteiger partial charge on any atom is -0.396 e. The zero-order valence-electron chi connectivity index (χ0n) is 12.0. The summed E-state index contributed by atoms with van der Waals surface area (Å²) in [5.74, 6) is 1.18. The number of aryl methyl sites for hydroxylation is 2. The van der Waals surface area contributed by atoms with Crippen LogP contribution in [0.1, 0.15) is 43.2 Å². The smallest absolute Gasteiger partial charge is 0.220 e. The second-order valence-corrected chi connectivity index (χ2v) is 4.89. The first-order valence-electron chi connectivity index (χ1n) is 6.87. The predicted molar refractivity (Wildman–Crippen MR) is 72.8 cm³/mol. The number of aliphatic hydroxyl groups is 1. The normalized spacial score (nSPS) is 12.4. The van der Waals surface area contributed by atoms with E-state index in [-0.39, 0.29) is 12.5 Å². The molecule has 1 amide bonds. The number of hydrogen-bond acceptors (Lipinski definition) is 4. The number of rotatable bonds is 8. The summed E-state index contributed by atoms with van der Waals surface area (Å²) < 4.78 is 5.07. The Hall–Kier alpha value is -1.36. The number of nitrogens with zero attached hydrogens (tertiary/aromatic N) is 1. The van der Waals surface area contributed by atoms with Crippen LogP contribution in [0.25, 0.3) is 0 Å². The molecular weight excluding hydrogens is 244 g/mol. The molecule has 0 bridgehead atoms. The first-order valence-corrected chi connectivity index (χ1v) is 6.87. The van der Waals surface area contributed by atoms with Crippen LogP contribution in [-0.4, -0.2) is 29.3 Å². The molecule has 0 aromatic carbocycles. The van der Waals surface area contributed by atoms with Crippen LogP contribution in [-0.2, 0) is 11.2 Å². The van der Waals surface area contributed by atoms with E-state index >= 15 is 0 Å². The summed E-state index contributed by atoms with van der Waals surface area (Å²) in [6, 6.07) is 0. The molecule has 1 aromatic rings. The van der Waals surface area contributed by atoms with Crippen LogP contribution in [0.5, 0.6) is 0 Å². The molecule has 0 aliphatic heterocycles. The predicted octanol–water partition coefficient (Wildman–Crippen LogP) is 1.75. The van der Waals surface area contributed by atoms with Crippen molar-refractivity contribution in [3.05, 3.63) is 17.0 Å². The standard InChI is InChI=1S/C14H24N2O3/c1-4-12(7-8-17)9-15-14(18)6-5-13-10(2)16-19-11(13)3/h12,17H,4-9H2,1-3H3,(H,15,18). The van der Waals surface area contributed by atoms with Gasteiger partial charge < -0.3 is 14.9 Å². The summed E-state index contributed by atoms with van der Waals surface area (Å²) in [7, 11) is 0. The molecule has 5 heteroatoms. The number of nitrogens with one attached hydrogen (secondary N) is 1. The largest absolute Gasteiger partial charge is 0.396 e. The zero-order valence-corrected chi connectivity index (χ0v) is 12.0. The van der Waals surface area contributed by atoms with Crippen molar-refractivity contribution in [3.8, 4) is 0 Å². The lowest BCUT2D eigenvalue weighted by Crippen LogP contribution is -2.29. The minimum absolute atomic E-state index is 0.0383. The van der Waals surface area contributed by atoms with Crippen molar-refractivity contribution in [2.45, 2.75) is 46.5 Å². The number of carbonyl (C=O) groups is 1. The highest BCUT2D eigenvalue weighted by Crippen LogP contribution is 2.14. The maximum Gasteiger partial charge on any atom is 0.220 e. The van der Waals surface area contributed by atoms with Crippen LogP contribution in [0.2, 0.25) is 0 Å². The van der Waals surface area contributed by atoms with Crippen molar-refractivity contribution in [2.24, 2.45) is 5.92 Å². The molecule has 1 rings (SSSR count). The van der Waals surface area contributed by atoms with Gasteiger partial charge in [0.15, 0.2) is 0 Å². The van der Waals surface area contributed by atoms with Crippen LogP contribution in [0.3, 0.4) is 0 Å². The molecule has 19 heavy (non-hydrogen) atoms. The Morgan fingerprint density at radius 2 is 2.21 bits per heavy atom. The van der Waals surface area contributed by atoms with Gasteiger partial charge >= 0.3 is 0 Å². The first-order chi connectivity index (χ1) is 9.08. The SMILES string of the molecule is CCC(CCO)CNC(=O)CCc1c(C)noc1C. The molecule has 2 N–H and O–H groups in total. The monoisotopic (exact) mass is 268 g/mol. The van der Waals surface area contributed by atoms with Gasteiger partial charge in [-0.1, -0.05) is 18.5 Å². The summed E-state index contributed by atoms with van der Waals surface area (Å²) in [4.78, 5) is 11.8. The van der Waals surface area contributed by atoms with E-state index in [4.69, 9.17) is 9.63 Å². The van der Waals surface area contributed by atoms with Crippen molar-refractivity contribution >= 4 is 5.91 Å². The topological polar surface area (TPSA) is 75.4 Å². The molecule has 0 radical (unpaired) electrons. The van der Waals surface area contributed by atoms with Crippen LogP contribution in [0.4, 0.5) is 0 Å². The molecule has 108 valence electrons. The fraction of sp³-hybridized carbons (Fsp3) is 0.714. The lowest BCUT2D eigenvalue weighted by atomic mass is 10.0. The Kier molecular flexibility index (Phi) is 6.56. The van der Waals surface area contributed by atoms with Gasteiger partial charge in [-0.05, 0) is 32.6 Å². The molecule has 0 spiro atoms. The molecule has 0 aliphatic carbocycles. The van der Waals surface area contributed by atoms with Crippen molar-refractivity contribution in [2.75, 3.05) is 13.2 Å². The van der Waals surface area contributed by atoms with Gasteiger partial charge in [0.05, 0.1) is 5.69 Å². The summed E-state index contributed by atoms with van der Waals surface area (Å²) >= 11 is 0. The second kappa shape index (κ2) is 7.94. The van der Waals surface area contributed by atoms with E-state index in [0.29, 0.717) is 25.3 Å². The van der Waals surface area contributed by atoms with Crippen LogP contribution in [0, 0.1) is 19.8 Å².